The number of hydrogen-bond acceptors (Lipinski definition) is 3. The van der Waals surface area contributed by atoms with E-state index >= 15 is 0 Å². The summed E-state index contributed by atoms with van der Waals surface area (Å²) in [6.07, 6.45) is 3.78. The zero-order valence-electron chi connectivity index (χ0n) is 11.8. The van der Waals surface area contributed by atoms with Crippen molar-refractivity contribution in [2.24, 2.45) is 11.1 Å². The molecule has 1 aromatic carbocycles. The maximum atomic E-state index is 8.96. The molecule has 1 unspecified atom stereocenters. The third kappa shape index (κ3) is 3.27. The van der Waals surface area contributed by atoms with Crippen molar-refractivity contribution in [3.63, 3.8) is 0 Å². The van der Waals surface area contributed by atoms with Crippen LogP contribution < -0.4 is 10.5 Å². The van der Waals surface area contributed by atoms with Crippen molar-refractivity contribution in [1.29, 1.82) is 5.26 Å². The lowest BCUT2D eigenvalue weighted by atomic mass is 9.90. The van der Waals surface area contributed by atoms with Gasteiger partial charge in [-0.25, -0.2) is 0 Å². The van der Waals surface area contributed by atoms with Crippen LogP contribution >= 0.6 is 0 Å². The Hall–Kier alpha value is -1.53. The fourth-order valence-corrected chi connectivity index (χ4v) is 2.54. The smallest absolute Gasteiger partial charge is 0.122 e. The first-order valence-corrected chi connectivity index (χ1v) is 6.95. The lowest BCUT2D eigenvalue weighted by molar-refractivity contribution is 0.282. The van der Waals surface area contributed by atoms with E-state index in [1.807, 2.05) is 26.0 Å². The maximum absolute atomic E-state index is 8.96. The largest absolute Gasteiger partial charge is 0.493 e. The van der Waals surface area contributed by atoms with Gasteiger partial charge in [0.2, 0.25) is 0 Å². The summed E-state index contributed by atoms with van der Waals surface area (Å²) in [7, 11) is 0. The number of nitriles is 1. The van der Waals surface area contributed by atoms with Crippen molar-refractivity contribution in [3.8, 4) is 11.8 Å². The highest BCUT2D eigenvalue weighted by molar-refractivity contribution is 5.44. The van der Waals surface area contributed by atoms with Gasteiger partial charge in [-0.15, -0.1) is 0 Å². The molecular weight excluding hydrogens is 236 g/mol. The number of ether oxygens (including phenoxy) is 1. The molecule has 1 atom stereocenters. The van der Waals surface area contributed by atoms with Crippen molar-refractivity contribution in [1.82, 2.24) is 0 Å². The van der Waals surface area contributed by atoms with Gasteiger partial charge >= 0.3 is 0 Å². The van der Waals surface area contributed by atoms with Crippen molar-refractivity contribution < 1.29 is 4.74 Å². The second-order valence-corrected chi connectivity index (χ2v) is 5.92. The summed E-state index contributed by atoms with van der Waals surface area (Å²) in [5.74, 6) is 0.972. The zero-order valence-corrected chi connectivity index (χ0v) is 11.8. The minimum Gasteiger partial charge on any atom is -0.493 e. The number of hydrogen-bond donors (Lipinski definition) is 1. The van der Waals surface area contributed by atoms with Crippen LogP contribution in [0.4, 0.5) is 0 Å². The number of benzene rings is 1. The summed E-state index contributed by atoms with van der Waals surface area (Å²) in [6, 6.07) is 8.61. The molecule has 19 heavy (non-hydrogen) atoms. The van der Waals surface area contributed by atoms with Crippen LogP contribution in [-0.4, -0.2) is 6.61 Å². The molecule has 1 aliphatic rings. The first kappa shape index (κ1) is 13.9. The molecule has 1 aromatic rings. The van der Waals surface area contributed by atoms with Crippen LogP contribution in [0.3, 0.4) is 0 Å². The average Bonchev–Trinajstić information content (AvgIpc) is 2.78. The molecule has 0 radical (unpaired) electrons. The predicted octanol–water partition coefficient (Wildman–Crippen LogP) is 3.34. The lowest BCUT2D eigenvalue weighted by Gasteiger charge is -2.16. The Morgan fingerprint density at radius 3 is 3.00 bits per heavy atom. The summed E-state index contributed by atoms with van der Waals surface area (Å²) in [6.45, 7) is 4.59. The van der Waals surface area contributed by atoms with E-state index in [1.54, 1.807) is 0 Å². The van der Waals surface area contributed by atoms with Gasteiger partial charge in [0.25, 0.3) is 0 Å². The van der Waals surface area contributed by atoms with Crippen molar-refractivity contribution in [3.05, 3.63) is 29.3 Å². The summed E-state index contributed by atoms with van der Waals surface area (Å²) in [4.78, 5) is 0. The second-order valence-electron chi connectivity index (χ2n) is 5.92. The van der Waals surface area contributed by atoms with Crippen LogP contribution in [0.2, 0.25) is 0 Å². The van der Waals surface area contributed by atoms with E-state index in [2.05, 4.69) is 12.1 Å². The van der Waals surface area contributed by atoms with Gasteiger partial charge in [-0.1, -0.05) is 12.1 Å². The zero-order chi connectivity index (χ0) is 13.9. The molecule has 0 bridgehead atoms. The molecule has 0 fully saturated rings. The molecule has 0 amide bonds. The molecule has 102 valence electrons. The van der Waals surface area contributed by atoms with E-state index in [1.165, 1.54) is 11.1 Å². The minimum absolute atomic E-state index is 0.163. The predicted molar refractivity (Wildman–Crippen MR) is 75.8 cm³/mol. The highest BCUT2D eigenvalue weighted by Crippen LogP contribution is 2.35. The molecule has 1 aliphatic carbocycles. The summed E-state index contributed by atoms with van der Waals surface area (Å²) in [5.41, 5.74) is 8.30. The molecule has 2 N–H and O–H groups in total. The summed E-state index contributed by atoms with van der Waals surface area (Å²) < 4.78 is 5.87. The Morgan fingerprint density at radius 1 is 1.47 bits per heavy atom. The van der Waals surface area contributed by atoms with E-state index in [0.29, 0.717) is 6.61 Å². The monoisotopic (exact) mass is 258 g/mol. The molecule has 0 saturated heterocycles. The Bertz CT molecular complexity index is 488. The van der Waals surface area contributed by atoms with E-state index < -0.39 is 0 Å². The van der Waals surface area contributed by atoms with Crippen LogP contribution in [0, 0.1) is 16.7 Å². The van der Waals surface area contributed by atoms with E-state index in [-0.39, 0.29) is 11.5 Å². The lowest BCUT2D eigenvalue weighted by Crippen LogP contribution is -2.10. The first-order chi connectivity index (χ1) is 9.03. The number of nitrogens with zero attached hydrogens (tertiary/aromatic N) is 1. The van der Waals surface area contributed by atoms with Gasteiger partial charge in [0.05, 0.1) is 18.1 Å². The Kier molecular flexibility index (Phi) is 4.11. The van der Waals surface area contributed by atoms with Crippen molar-refractivity contribution in [2.45, 2.75) is 45.6 Å². The third-order valence-corrected chi connectivity index (χ3v) is 3.78. The molecule has 0 heterocycles. The van der Waals surface area contributed by atoms with Crippen LogP contribution in [-0.2, 0) is 6.42 Å². The molecular formula is C16H22N2O. The molecule has 0 aliphatic heterocycles. The Morgan fingerprint density at radius 2 is 2.26 bits per heavy atom. The standard InChI is InChI=1S/C16H22N2O/c1-16(2,11-17)9-4-10-19-15-6-3-5-12-13(15)7-8-14(12)18/h3,5-6,14H,4,7-10,18H2,1-2H3. The van der Waals surface area contributed by atoms with Gasteiger partial charge < -0.3 is 10.5 Å². The average molecular weight is 258 g/mol. The fraction of sp³-hybridized carbons (Fsp3) is 0.562. The van der Waals surface area contributed by atoms with E-state index in [9.17, 15) is 0 Å². The highest BCUT2D eigenvalue weighted by Gasteiger charge is 2.22. The molecule has 0 spiro atoms. The topological polar surface area (TPSA) is 59.0 Å². The molecule has 3 nitrogen and oxygen atoms in total. The van der Waals surface area contributed by atoms with Gasteiger partial charge in [0, 0.05) is 6.04 Å². The Balaban J connectivity index is 1.90. The summed E-state index contributed by atoms with van der Waals surface area (Å²) >= 11 is 0. The van der Waals surface area contributed by atoms with Crippen LogP contribution in [0.15, 0.2) is 18.2 Å². The second kappa shape index (κ2) is 5.63. The normalized spacial score (nSPS) is 17.9. The Labute approximate surface area is 115 Å². The van der Waals surface area contributed by atoms with Crippen LogP contribution in [0.1, 0.15) is 50.3 Å². The van der Waals surface area contributed by atoms with Crippen molar-refractivity contribution >= 4 is 0 Å². The minimum atomic E-state index is -0.260. The van der Waals surface area contributed by atoms with Crippen LogP contribution in [0.25, 0.3) is 0 Å². The molecule has 0 saturated carbocycles. The van der Waals surface area contributed by atoms with Gasteiger partial charge in [-0.3, -0.25) is 0 Å². The van der Waals surface area contributed by atoms with E-state index in [4.69, 9.17) is 15.7 Å². The number of rotatable bonds is 5. The first-order valence-electron chi connectivity index (χ1n) is 6.95. The third-order valence-electron chi connectivity index (χ3n) is 3.78. The fourth-order valence-electron chi connectivity index (χ4n) is 2.54. The SMILES string of the molecule is CC(C)(C#N)CCCOc1cccc2c1CCC2N. The van der Waals surface area contributed by atoms with Gasteiger partial charge in [-0.2, -0.15) is 5.26 Å². The quantitative estimate of drug-likeness (QED) is 0.824. The molecule has 3 heteroatoms. The van der Waals surface area contributed by atoms with Crippen molar-refractivity contribution in [2.75, 3.05) is 6.61 Å². The molecule has 0 aromatic heterocycles. The maximum Gasteiger partial charge on any atom is 0.122 e. The van der Waals surface area contributed by atoms with Gasteiger partial charge in [0.1, 0.15) is 5.75 Å². The highest BCUT2D eigenvalue weighted by atomic mass is 16.5. The van der Waals surface area contributed by atoms with Gasteiger partial charge in [-0.05, 0) is 56.7 Å². The van der Waals surface area contributed by atoms with Crippen LogP contribution in [0.5, 0.6) is 5.75 Å². The van der Waals surface area contributed by atoms with Gasteiger partial charge in [0.15, 0.2) is 0 Å². The number of nitrogens with two attached hydrogens (primary N) is 1. The summed E-state index contributed by atoms with van der Waals surface area (Å²) in [5, 5.41) is 8.96. The van der Waals surface area contributed by atoms with E-state index in [0.717, 1.165) is 31.4 Å². The number of fused-ring (bicyclic) bond motifs is 1. The molecule has 2 rings (SSSR count).